The molecule has 5 heteroatoms. The molecule has 0 atom stereocenters. The van der Waals surface area contributed by atoms with E-state index in [9.17, 15) is 4.79 Å². The second kappa shape index (κ2) is 16.7. The Morgan fingerprint density at radius 1 is 0.903 bits per heavy atom. The number of aryl methyl sites for hydroxylation is 1. The molecule has 0 fully saturated rings. The van der Waals surface area contributed by atoms with Gasteiger partial charge >= 0.3 is 0 Å². The number of fused-ring (bicyclic) bond motifs is 1. The second-order valence-corrected chi connectivity index (χ2v) is 7.57. The molecule has 3 rings (SSSR count). The van der Waals surface area contributed by atoms with Crippen LogP contribution in [0.4, 0.5) is 0 Å². The van der Waals surface area contributed by atoms with Crippen LogP contribution in [-0.4, -0.2) is 31.5 Å². The van der Waals surface area contributed by atoms with Crippen molar-refractivity contribution >= 4 is 46.8 Å². The maximum atomic E-state index is 10.8. The van der Waals surface area contributed by atoms with Gasteiger partial charge in [0.15, 0.2) is 5.12 Å². The summed E-state index contributed by atoms with van der Waals surface area (Å²) in [4.78, 5) is 26.8. The molecule has 4 nitrogen and oxygen atoms in total. The van der Waals surface area contributed by atoms with Gasteiger partial charge in [-0.05, 0) is 41.4 Å². The topological polar surface area (TPSA) is 63.2 Å². The van der Waals surface area contributed by atoms with Crippen molar-refractivity contribution in [2.75, 3.05) is 12.8 Å². The van der Waals surface area contributed by atoms with Crippen LogP contribution in [0.15, 0.2) is 73.3 Å². The predicted octanol–water partition coefficient (Wildman–Crippen LogP) is 5.48. The first-order valence-corrected chi connectivity index (χ1v) is 10.6. The van der Waals surface area contributed by atoms with Crippen molar-refractivity contribution in [2.24, 2.45) is 0 Å². The van der Waals surface area contributed by atoms with Crippen molar-refractivity contribution in [1.29, 1.82) is 0 Å². The van der Waals surface area contributed by atoms with Crippen LogP contribution < -0.4 is 5.32 Å². The highest BCUT2D eigenvalue weighted by molar-refractivity contribution is 8.13. The van der Waals surface area contributed by atoms with Gasteiger partial charge in [-0.1, -0.05) is 90.6 Å². The molecule has 0 saturated heterocycles. The van der Waals surface area contributed by atoms with Crippen LogP contribution in [0.25, 0.3) is 16.3 Å². The van der Waals surface area contributed by atoms with E-state index in [0.29, 0.717) is 5.75 Å². The van der Waals surface area contributed by atoms with E-state index in [1.165, 1.54) is 33.7 Å². The summed E-state index contributed by atoms with van der Waals surface area (Å²) >= 11 is 1.30. The Morgan fingerprint density at radius 3 is 2.06 bits per heavy atom. The third-order valence-electron chi connectivity index (χ3n) is 4.16. The van der Waals surface area contributed by atoms with Gasteiger partial charge in [0.1, 0.15) is 13.6 Å². The minimum atomic E-state index is 0.137. The molecule has 0 saturated carbocycles. The lowest BCUT2D eigenvalue weighted by Crippen LogP contribution is -2.05. The number of rotatable bonds is 5. The summed E-state index contributed by atoms with van der Waals surface area (Å²) in [7, 11) is 1.97. The molecule has 0 bridgehead atoms. The molecule has 0 spiro atoms. The summed E-state index contributed by atoms with van der Waals surface area (Å²) in [5.74, 6) is 0.679. The van der Waals surface area contributed by atoms with Crippen molar-refractivity contribution in [3.63, 3.8) is 0 Å². The van der Waals surface area contributed by atoms with E-state index < -0.39 is 0 Å². The average Bonchev–Trinajstić information content (AvgIpc) is 2.81. The van der Waals surface area contributed by atoms with Gasteiger partial charge < -0.3 is 14.9 Å². The fourth-order valence-electron chi connectivity index (χ4n) is 2.70. The van der Waals surface area contributed by atoms with Crippen LogP contribution >= 0.6 is 11.8 Å². The van der Waals surface area contributed by atoms with Crippen molar-refractivity contribution in [1.82, 2.24) is 5.32 Å². The van der Waals surface area contributed by atoms with Gasteiger partial charge in [-0.3, -0.25) is 4.79 Å². The van der Waals surface area contributed by atoms with Crippen molar-refractivity contribution in [2.45, 2.75) is 20.4 Å². The number of carbonyl (C=O) groups is 3. The van der Waals surface area contributed by atoms with E-state index in [1.54, 1.807) is 6.92 Å². The summed E-state index contributed by atoms with van der Waals surface area (Å²) in [5.41, 5.74) is 4.72. The largest absolute Gasteiger partial charge is 0.316 e. The smallest absolute Gasteiger partial charge is 0.186 e. The van der Waals surface area contributed by atoms with Gasteiger partial charge in [-0.2, -0.15) is 0 Å². The lowest BCUT2D eigenvalue weighted by atomic mass is 10.0. The Labute approximate surface area is 189 Å². The molecule has 0 aromatic heterocycles. The molecular formula is C26H31NO3S. The lowest BCUT2D eigenvalue weighted by molar-refractivity contribution is -0.109. The third-order valence-corrected chi connectivity index (χ3v) is 5.06. The van der Waals surface area contributed by atoms with Crippen molar-refractivity contribution < 1.29 is 14.4 Å². The van der Waals surface area contributed by atoms with Gasteiger partial charge in [-0.15, -0.1) is 0 Å². The van der Waals surface area contributed by atoms with Crippen molar-refractivity contribution in [3.8, 4) is 0 Å². The molecule has 31 heavy (non-hydrogen) atoms. The zero-order valence-electron chi connectivity index (χ0n) is 18.5. The summed E-state index contributed by atoms with van der Waals surface area (Å²) in [6, 6.07) is 23.1. The minimum Gasteiger partial charge on any atom is -0.316 e. The summed E-state index contributed by atoms with van der Waals surface area (Å²) in [5, 5.41) is 5.98. The van der Waals surface area contributed by atoms with E-state index in [-0.39, 0.29) is 5.12 Å². The molecule has 3 aromatic rings. The van der Waals surface area contributed by atoms with E-state index in [2.05, 4.69) is 73.4 Å². The Bertz CT molecular complexity index is 932. The van der Waals surface area contributed by atoms with E-state index in [0.717, 1.165) is 17.7 Å². The van der Waals surface area contributed by atoms with Crippen LogP contribution in [0.1, 0.15) is 23.6 Å². The Morgan fingerprint density at radius 2 is 1.48 bits per heavy atom. The summed E-state index contributed by atoms with van der Waals surface area (Å²) in [6.45, 7) is 12.5. The van der Waals surface area contributed by atoms with Gasteiger partial charge in [0.2, 0.25) is 0 Å². The van der Waals surface area contributed by atoms with E-state index >= 15 is 0 Å². The minimum absolute atomic E-state index is 0.137. The van der Waals surface area contributed by atoms with E-state index in [1.807, 2.05) is 32.8 Å². The fourth-order valence-corrected chi connectivity index (χ4v) is 3.24. The molecule has 0 aliphatic heterocycles. The monoisotopic (exact) mass is 437 g/mol. The highest BCUT2D eigenvalue weighted by Gasteiger charge is 2.01. The van der Waals surface area contributed by atoms with Gasteiger partial charge in [-0.25, -0.2) is 0 Å². The Hall–Kier alpha value is -3.02. The Balaban J connectivity index is 0.000000501. The Kier molecular flexibility index (Phi) is 15.1. The molecule has 164 valence electrons. The normalized spacial score (nSPS) is 9.13. The molecule has 0 heterocycles. The zero-order valence-corrected chi connectivity index (χ0v) is 19.3. The third kappa shape index (κ3) is 10.5. The quantitative estimate of drug-likeness (QED) is 0.573. The van der Waals surface area contributed by atoms with Crippen molar-refractivity contribution in [3.05, 3.63) is 90.0 Å². The van der Waals surface area contributed by atoms with Gasteiger partial charge in [0.25, 0.3) is 0 Å². The molecule has 0 amide bonds. The molecule has 0 aliphatic rings. The maximum absolute atomic E-state index is 10.8. The first-order chi connectivity index (χ1) is 15.0. The van der Waals surface area contributed by atoms with Gasteiger partial charge in [0.05, 0.1) is 0 Å². The number of hydrogen-bond acceptors (Lipinski definition) is 5. The second-order valence-electron chi connectivity index (χ2n) is 6.42. The number of benzene rings is 3. The number of carbonyl (C=O) groups excluding carboxylic acids is 3. The SMILES string of the molecule is C=C(CSC(C)=O)c1ccc(C)cc1.C=O.C=O.CNCc1cccc2ccccc12. The molecule has 3 aromatic carbocycles. The zero-order chi connectivity index (χ0) is 23.6. The number of nitrogens with one attached hydrogen (secondary N) is 1. The van der Waals surface area contributed by atoms with Crippen LogP contribution in [0, 0.1) is 6.92 Å². The lowest BCUT2D eigenvalue weighted by Gasteiger charge is -2.04. The molecule has 0 unspecified atom stereocenters. The number of hydrogen-bond donors (Lipinski definition) is 1. The standard InChI is InChI=1S/C12H13N.C12H14OS.2CH2O/c1-13-9-11-7-4-6-10-5-2-3-8-12(10)11;1-9-4-6-12(7-5-9)10(2)8-14-11(3)13;2*1-2/h2-8,13H,9H2,1H3;4-7H,2,8H2,1,3H3;2*1H2. The van der Waals surface area contributed by atoms with E-state index in [4.69, 9.17) is 9.59 Å². The molecule has 1 N–H and O–H groups in total. The molecule has 0 aliphatic carbocycles. The first-order valence-electron chi connectivity index (χ1n) is 9.58. The summed E-state index contributed by atoms with van der Waals surface area (Å²) < 4.78 is 0. The van der Waals surface area contributed by atoms with Crippen LogP contribution in [-0.2, 0) is 20.9 Å². The molecule has 0 radical (unpaired) electrons. The molecular weight excluding hydrogens is 406 g/mol. The average molecular weight is 438 g/mol. The summed E-state index contributed by atoms with van der Waals surface area (Å²) in [6.07, 6.45) is 0. The highest BCUT2D eigenvalue weighted by atomic mass is 32.2. The maximum Gasteiger partial charge on any atom is 0.186 e. The van der Waals surface area contributed by atoms with Crippen LogP contribution in [0.3, 0.4) is 0 Å². The van der Waals surface area contributed by atoms with Gasteiger partial charge in [0, 0.05) is 19.2 Å². The predicted molar refractivity (Wildman–Crippen MR) is 134 cm³/mol. The van der Waals surface area contributed by atoms with Crippen LogP contribution in [0.2, 0.25) is 0 Å². The fraction of sp³-hybridized carbons (Fsp3) is 0.192. The number of thioether (sulfide) groups is 1. The first kappa shape index (κ1) is 28.0. The highest BCUT2D eigenvalue weighted by Crippen LogP contribution is 2.19. The van der Waals surface area contributed by atoms with Crippen LogP contribution in [0.5, 0.6) is 0 Å².